The normalized spacial score (nSPS) is 24.0. The molecule has 0 saturated carbocycles. The van der Waals surface area contributed by atoms with E-state index in [4.69, 9.17) is 18.0 Å². The van der Waals surface area contributed by atoms with E-state index >= 15 is 0 Å². The molecule has 1 unspecified atom stereocenters. The zero-order chi connectivity index (χ0) is 13.2. The molecule has 19 heavy (non-hydrogen) atoms. The lowest BCUT2D eigenvalue weighted by molar-refractivity contribution is 0.273. The fraction of sp³-hybridized carbons (Fsp3) is 0.571. The van der Waals surface area contributed by atoms with Gasteiger partial charge in [-0.15, -0.1) is 0 Å². The topological polar surface area (TPSA) is 45.4 Å². The minimum Gasteiger partial charge on any atom is -0.389 e. The van der Waals surface area contributed by atoms with Gasteiger partial charge in [-0.25, -0.2) is 0 Å². The molecule has 0 aromatic carbocycles. The Morgan fingerprint density at radius 3 is 3.00 bits per heavy atom. The lowest BCUT2D eigenvalue weighted by Crippen LogP contribution is -2.37. The van der Waals surface area contributed by atoms with Gasteiger partial charge in [-0.2, -0.15) is 0 Å². The highest BCUT2D eigenvalue weighted by molar-refractivity contribution is 7.80. The number of fused-ring (bicyclic) bond motifs is 1. The van der Waals surface area contributed by atoms with Crippen molar-refractivity contribution in [2.75, 3.05) is 31.1 Å². The van der Waals surface area contributed by atoms with Crippen LogP contribution in [-0.4, -0.2) is 47.1 Å². The van der Waals surface area contributed by atoms with Crippen LogP contribution in [0.2, 0.25) is 0 Å². The third-order valence-corrected chi connectivity index (χ3v) is 4.43. The zero-order valence-corrected chi connectivity index (χ0v) is 11.9. The van der Waals surface area contributed by atoms with E-state index in [1.54, 1.807) is 6.20 Å². The highest BCUT2D eigenvalue weighted by Crippen LogP contribution is 2.26. The molecule has 2 fully saturated rings. The van der Waals surface area contributed by atoms with Gasteiger partial charge in [-0.3, -0.25) is 9.88 Å². The van der Waals surface area contributed by atoms with Gasteiger partial charge in [-0.1, -0.05) is 12.2 Å². The number of pyridine rings is 1. The third-order valence-electron chi connectivity index (χ3n) is 4.21. The number of hydrogen-bond donors (Lipinski definition) is 1. The number of aromatic nitrogens is 1. The third kappa shape index (κ3) is 2.58. The van der Waals surface area contributed by atoms with Crippen LogP contribution in [0.4, 0.5) is 5.69 Å². The van der Waals surface area contributed by atoms with Crippen molar-refractivity contribution in [2.45, 2.75) is 25.3 Å². The molecule has 2 aliphatic rings. The van der Waals surface area contributed by atoms with Crippen LogP contribution < -0.4 is 10.6 Å². The molecule has 2 aliphatic heterocycles. The summed E-state index contributed by atoms with van der Waals surface area (Å²) >= 11 is 5.16. The average Bonchev–Trinajstić information content (AvgIpc) is 2.76. The Labute approximate surface area is 119 Å². The van der Waals surface area contributed by atoms with E-state index in [0.717, 1.165) is 24.3 Å². The highest BCUT2D eigenvalue weighted by Gasteiger charge is 2.29. The number of nitrogens with two attached hydrogens (primary N) is 1. The average molecular weight is 276 g/mol. The first-order chi connectivity index (χ1) is 9.25. The van der Waals surface area contributed by atoms with Gasteiger partial charge in [0.2, 0.25) is 0 Å². The van der Waals surface area contributed by atoms with Crippen LogP contribution in [0.5, 0.6) is 0 Å². The second-order valence-electron chi connectivity index (χ2n) is 5.39. The highest BCUT2D eigenvalue weighted by atomic mass is 32.1. The number of nitrogens with zero attached hydrogens (tertiary/aromatic N) is 3. The molecule has 0 bridgehead atoms. The van der Waals surface area contributed by atoms with Gasteiger partial charge < -0.3 is 10.6 Å². The molecule has 1 aromatic rings. The summed E-state index contributed by atoms with van der Waals surface area (Å²) in [5, 5.41) is 0. The van der Waals surface area contributed by atoms with Crippen molar-refractivity contribution >= 4 is 22.9 Å². The van der Waals surface area contributed by atoms with Crippen molar-refractivity contribution in [2.24, 2.45) is 5.73 Å². The SMILES string of the molecule is NC(=S)c1ccncc1N1CCCN2CCCC2C1. The molecular weight excluding hydrogens is 256 g/mol. The molecule has 0 spiro atoms. The molecule has 4 nitrogen and oxygen atoms in total. The fourth-order valence-corrected chi connectivity index (χ4v) is 3.44. The van der Waals surface area contributed by atoms with Gasteiger partial charge >= 0.3 is 0 Å². The first-order valence-electron chi connectivity index (χ1n) is 6.98. The van der Waals surface area contributed by atoms with Crippen molar-refractivity contribution in [3.8, 4) is 0 Å². The molecule has 1 aromatic heterocycles. The molecular formula is C14H20N4S. The first-order valence-corrected chi connectivity index (χ1v) is 7.39. The first kappa shape index (κ1) is 12.8. The second kappa shape index (κ2) is 5.43. The Kier molecular flexibility index (Phi) is 3.66. The van der Waals surface area contributed by atoms with Crippen LogP contribution in [0.1, 0.15) is 24.8 Å². The van der Waals surface area contributed by atoms with Crippen LogP contribution in [0.3, 0.4) is 0 Å². The van der Waals surface area contributed by atoms with Gasteiger partial charge in [0.15, 0.2) is 0 Å². The number of rotatable bonds is 2. The van der Waals surface area contributed by atoms with Gasteiger partial charge in [0.05, 0.1) is 11.9 Å². The van der Waals surface area contributed by atoms with Crippen molar-refractivity contribution in [1.82, 2.24) is 9.88 Å². The summed E-state index contributed by atoms with van der Waals surface area (Å²) in [4.78, 5) is 9.75. The fourth-order valence-electron chi connectivity index (χ4n) is 3.27. The Balaban J connectivity index is 1.87. The van der Waals surface area contributed by atoms with Crippen LogP contribution in [0, 0.1) is 0 Å². The lowest BCUT2D eigenvalue weighted by Gasteiger charge is -2.28. The summed E-state index contributed by atoms with van der Waals surface area (Å²) in [6.07, 6.45) is 7.49. The molecule has 2 saturated heterocycles. The molecule has 102 valence electrons. The summed E-state index contributed by atoms with van der Waals surface area (Å²) in [5.41, 5.74) is 7.89. The quantitative estimate of drug-likeness (QED) is 0.827. The molecule has 0 amide bonds. The van der Waals surface area contributed by atoms with E-state index in [0.29, 0.717) is 11.0 Å². The smallest absolute Gasteiger partial charge is 0.106 e. The summed E-state index contributed by atoms with van der Waals surface area (Å²) in [6, 6.07) is 2.61. The molecule has 3 rings (SSSR count). The predicted octanol–water partition coefficient (Wildman–Crippen LogP) is 1.39. The maximum atomic E-state index is 5.83. The van der Waals surface area contributed by atoms with Gasteiger partial charge in [0.25, 0.3) is 0 Å². The van der Waals surface area contributed by atoms with E-state index in [2.05, 4.69) is 14.8 Å². The summed E-state index contributed by atoms with van der Waals surface area (Å²) in [6.45, 7) is 4.60. The molecule has 3 heterocycles. The van der Waals surface area contributed by atoms with E-state index in [1.807, 2.05) is 12.3 Å². The minimum absolute atomic E-state index is 0.463. The minimum atomic E-state index is 0.463. The summed E-state index contributed by atoms with van der Waals surface area (Å²) < 4.78 is 0. The van der Waals surface area contributed by atoms with Gasteiger partial charge in [0.1, 0.15) is 4.99 Å². The van der Waals surface area contributed by atoms with Crippen molar-refractivity contribution in [1.29, 1.82) is 0 Å². The van der Waals surface area contributed by atoms with Crippen LogP contribution in [0.25, 0.3) is 0 Å². The van der Waals surface area contributed by atoms with Crippen molar-refractivity contribution in [3.63, 3.8) is 0 Å². The Hall–Kier alpha value is -1.20. The van der Waals surface area contributed by atoms with Crippen LogP contribution in [0.15, 0.2) is 18.5 Å². The second-order valence-corrected chi connectivity index (χ2v) is 5.83. The lowest BCUT2D eigenvalue weighted by atomic mass is 10.1. The van der Waals surface area contributed by atoms with E-state index in [1.165, 1.54) is 32.4 Å². The molecule has 2 N–H and O–H groups in total. The predicted molar refractivity (Wildman–Crippen MR) is 81.5 cm³/mol. The molecule has 5 heteroatoms. The van der Waals surface area contributed by atoms with Crippen molar-refractivity contribution in [3.05, 3.63) is 24.0 Å². The number of hydrogen-bond acceptors (Lipinski definition) is 4. The monoisotopic (exact) mass is 276 g/mol. The van der Waals surface area contributed by atoms with Crippen LogP contribution in [-0.2, 0) is 0 Å². The van der Waals surface area contributed by atoms with Crippen molar-refractivity contribution < 1.29 is 0 Å². The summed E-state index contributed by atoms with van der Waals surface area (Å²) in [5.74, 6) is 0. The summed E-state index contributed by atoms with van der Waals surface area (Å²) in [7, 11) is 0. The van der Waals surface area contributed by atoms with Gasteiger partial charge in [-0.05, 0) is 31.9 Å². The Bertz CT molecular complexity index is 476. The molecule has 0 aliphatic carbocycles. The van der Waals surface area contributed by atoms with E-state index < -0.39 is 0 Å². The Morgan fingerprint density at radius 2 is 2.16 bits per heavy atom. The zero-order valence-electron chi connectivity index (χ0n) is 11.1. The molecule has 0 radical (unpaired) electrons. The number of thiocarbonyl (C=S) groups is 1. The van der Waals surface area contributed by atoms with E-state index in [9.17, 15) is 0 Å². The number of anilines is 1. The van der Waals surface area contributed by atoms with Crippen LogP contribution >= 0.6 is 12.2 Å². The Morgan fingerprint density at radius 1 is 1.32 bits per heavy atom. The largest absolute Gasteiger partial charge is 0.389 e. The standard InChI is InChI=1S/C14H20N4S/c15-14(19)12-4-5-16-9-13(12)18-8-2-7-17-6-1-3-11(17)10-18/h4-5,9,11H,1-3,6-8,10H2,(H2,15,19). The maximum absolute atomic E-state index is 5.83. The van der Waals surface area contributed by atoms with E-state index in [-0.39, 0.29) is 0 Å². The maximum Gasteiger partial charge on any atom is 0.106 e. The van der Waals surface area contributed by atoms with Gasteiger partial charge in [0, 0.05) is 37.4 Å². The molecule has 1 atom stereocenters.